The second kappa shape index (κ2) is 13.7. The number of benzene rings is 1. The standard InChI is InChI=1S/C25H33F3N6O2S/c1-3-18(2)30-23(37)22-5-6-29-24(32-22)31-20-15-19(25(26,27)28)16-21(17-20)36-14-4-7-33-8-10-34(11-9-33)12-13-35/h3,5-6,15-17,35H,4,7-14H2,1-2H3,(H,30,37)(H,29,31,32)/b18-3+. The van der Waals surface area contributed by atoms with Crippen molar-refractivity contribution >= 4 is 28.8 Å². The van der Waals surface area contributed by atoms with Gasteiger partial charge in [0.15, 0.2) is 0 Å². The summed E-state index contributed by atoms with van der Waals surface area (Å²) in [7, 11) is 0. The third-order valence-electron chi connectivity index (χ3n) is 5.89. The lowest BCUT2D eigenvalue weighted by molar-refractivity contribution is -0.137. The second-order valence-corrected chi connectivity index (χ2v) is 9.08. The maximum absolute atomic E-state index is 13.6. The quantitative estimate of drug-likeness (QED) is 0.292. The zero-order valence-electron chi connectivity index (χ0n) is 21.0. The minimum Gasteiger partial charge on any atom is -0.493 e. The number of alkyl halides is 3. The molecule has 3 rings (SSSR count). The zero-order valence-corrected chi connectivity index (χ0v) is 21.8. The lowest BCUT2D eigenvalue weighted by Gasteiger charge is -2.34. The van der Waals surface area contributed by atoms with Gasteiger partial charge in [0, 0.05) is 62.9 Å². The molecule has 37 heavy (non-hydrogen) atoms. The van der Waals surface area contributed by atoms with Crippen molar-refractivity contribution in [3.8, 4) is 5.75 Å². The Kier molecular flexibility index (Phi) is 10.6. The summed E-state index contributed by atoms with van der Waals surface area (Å²) in [5.74, 6) is 0.229. The lowest BCUT2D eigenvalue weighted by Crippen LogP contribution is -2.47. The van der Waals surface area contributed by atoms with Gasteiger partial charge in [-0.2, -0.15) is 13.2 Å². The third-order valence-corrected chi connectivity index (χ3v) is 6.20. The maximum Gasteiger partial charge on any atom is 0.416 e. The summed E-state index contributed by atoms with van der Waals surface area (Å²) in [4.78, 5) is 13.3. The topological polar surface area (TPSA) is 85.8 Å². The van der Waals surface area contributed by atoms with Crippen LogP contribution in [-0.4, -0.2) is 82.3 Å². The zero-order chi connectivity index (χ0) is 26.8. The van der Waals surface area contributed by atoms with Gasteiger partial charge < -0.3 is 25.4 Å². The molecule has 0 unspecified atom stereocenters. The number of ether oxygens (including phenoxy) is 1. The minimum atomic E-state index is -4.54. The Balaban J connectivity index is 1.62. The molecule has 0 saturated carbocycles. The van der Waals surface area contributed by atoms with Crippen molar-refractivity contribution < 1.29 is 23.0 Å². The number of hydrogen-bond acceptors (Lipinski definition) is 8. The van der Waals surface area contributed by atoms with E-state index in [1.807, 2.05) is 19.9 Å². The Morgan fingerprint density at radius 1 is 1.16 bits per heavy atom. The molecule has 1 aliphatic heterocycles. The molecule has 2 aromatic rings. The molecular formula is C25H33F3N6O2S. The van der Waals surface area contributed by atoms with E-state index in [1.165, 1.54) is 12.3 Å². The van der Waals surface area contributed by atoms with Gasteiger partial charge in [0.2, 0.25) is 5.95 Å². The van der Waals surface area contributed by atoms with E-state index in [0.29, 0.717) is 23.6 Å². The van der Waals surface area contributed by atoms with Gasteiger partial charge in [0.1, 0.15) is 16.4 Å². The number of nitrogens with one attached hydrogen (secondary N) is 2. The van der Waals surface area contributed by atoms with Crippen LogP contribution in [0.3, 0.4) is 0 Å². The second-order valence-electron chi connectivity index (χ2n) is 8.67. The molecule has 0 spiro atoms. The third kappa shape index (κ3) is 9.22. The van der Waals surface area contributed by atoms with Gasteiger partial charge in [-0.1, -0.05) is 18.3 Å². The van der Waals surface area contributed by atoms with Gasteiger partial charge in [-0.15, -0.1) is 0 Å². The fourth-order valence-corrected chi connectivity index (χ4v) is 4.04. The normalized spacial score (nSPS) is 15.5. The Hall–Kier alpha value is -2.80. The highest BCUT2D eigenvalue weighted by atomic mass is 32.1. The van der Waals surface area contributed by atoms with Crippen molar-refractivity contribution in [2.24, 2.45) is 0 Å². The number of aliphatic hydroxyl groups is 1. The number of piperazine rings is 1. The van der Waals surface area contributed by atoms with Crippen molar-refractivity contribution in [2.75, 3.05) is 57.8 Å². The Bertz CT molecular complexity index is 1070. The van der Waals surface area contributed by atoms with Gasteiger partial charge in [-0.3, -0.25) is 4.90 Å². The molecular weight excluding hydrogens is 505 g/mol. The van der Waals surface area contributed by atoms with Gasteiger partial charge in [0.25, 0.3) is 0 Å². The summed E-state index contributed by atoms with van der Waals surface area (Å²) in [6.45, 7) is 9.20. The van der Waals surface area contributed by atoms with Crippen molar-refractivity contribution in [1.29, 1.82) is 0 Å². The van der Waals surface area contributed by atoms with Gasteiger partial charge >= 0.3 is 6.18 Å². The highest BCUT2D eigenvalue weighted by Crippen LogP contribution is 2.34. The summed E-state index contributed by atoms with van der Waals surface area (Å²) < 4.78 is 46.4. The van der Waals surface area contributed by atoms with Crippen LogP contribution in [0.15, 0.2) is 42.2 Å². The van der Waals surface area contributed by atoms with E-state index < -0.39 is 11.7 Å². The van der Waals surface area contributed by atoms with Crippen LogP contribution in [-0.2, 0) is 6.18 Å². The molecule has 8 nitrogen and oxygen atoms in total. The molecule has 0 amide bonds. The summed E-state index contributed by atoms with van der Waals surface area (Å²) in [6.07, 6.45) is -0.517. The van der Waals surface area contributed by atoms with E-state index in [4.69, 9.17) is 22.1 Å². The van der Waals surface area contributed by atoms with Crippen LogP contribution in [0.4, 0.5) is 24.8 Å². The first-order valence-corrected chi connectivity index (χ1v) is 12.5. The van der Waals surface area contributed by atoms with Crippen LogP contribution in [0.25, 0.3) is 0 Å². The molecule has 0 aliphatic carbocycles. The fourth-order valence-electron chi connectivity index (χ4n) is 3.76. The molecule has 3 N–H and O–H groups in total. The molecule has 1 fully saturated rings. The van der Waals surface area contributed by atoms with E-state index in [-0.39, 0.29) is 30.6 Å². The predicted molar refractivity (Wildman–Crippen MR) is 141 cm³/mol. The first-order valence-electron chi connectivity index (χ1n) is 12.1. The van der Waals surface area contributed by atoms with Crippen LogP contribution in [0.2, 0.25) is 0 Å². The number of rotatable bonds is 11. The molecule has 1 saturated heterocycles. The van der Waals surface area contributed by atoms with Crippen LogP contribution in [0, 0.1) is 0 Å². The molecule has 0 bridgehead atoms. The molecule has 0 atom stereocenters. The van der Waals surface area contributed by atoms with E-state index in [9.17, 15) is 13.2 Å². The van der Waals surface area contributed by atoms with E-state index in [0.717, 1.165) is 50.6 Å². The van der Waals surface area contributed by atoms with Crippen molar-refractivity contribution in [3.05, 3.63) is 53.5 Å². The number of aromatic nitrogens is 2. The highest BCUT2D eigenvalue weighted by molar-refractivity contribution is 7.80. The average molecular weight is 539 g/mol. The maximum atomic E-state index is 13.6. The smallest absolute Gasteiger partial charge is 0.416 e. The predicted octanol–water partition coefficient (Wildman–Crippen LogP) is 3.81. The van der Waals surface area contributed by atoms with Gasteiger partial charge in [0.05, 0.1) is 18.8 Å². The summed E-state index contributed by atoms with van der Waals surface area (Å²) in [5.41, 5.74) is 0.617. The number of nitrogens with zero attached hydrogens (tertiary/aromatic N) is 4. The summed E-state index contributed by atoms with van der Waals surface area (Å²) >= 11 is 5.35. The SMILES string of the molecule is C/C=C(\C)NC(=S)c1ccnc(Nc2cc(OCCCN3CCN(CCO)CC3)cc(C(F)(F)F)c2)n1. The van der Waals surface area contributed by atoms with E-state index >= 15 is 0 Å². The monoisotopic (exact) mass is 538 g/mol. The first kappa shape index (κ1) is 28.8. The number of β-amino-alcohol motifs (C(OH)–C–C–N with tert-alkyl or cyclic N) is 1. The number of anilines is 2. The summed E-state index contributed by atoms with van der Waals surface area (Å²) in [5, 5.41) is 14.9. The van der Waals surface area contributed by atoms with Gasteiger partial charge in [-0.25, -0.2) is 9.97 Å². The van der Waals surface area contributed by atoms with Crippen LogP contribution in [0.1, 0.15) is 31.5 Å². The number of hydrogen-bond donors (Lipinski definition) is 3. The molecule has 1 aliphatic rings. The van der Waals surface area contributed by atoms with Crippen molar-refractivity contribution in [2.45, 2.75) is 26.4 Å². The molecule has 202 valence electrons. The Labute approximate surface area is 220 Å². The largest absolute Gasteiger partial charge is 0.493 e. The van der Waals surface area contributed by atoms with Crippen molar-refractivity contribution in [3.63, 3.8) is 0 Å². The Morgan fingerprint density at radius 2 is 1.86 bits per heavy atom. The number of thiocarbonyl (C=S) groups is 1. The number of aliphatic hydroxyl groups excluding tert-OH is 1. The Morgan fingerprint density at radius 3 is 2.51 bits per heavy atom. The average Bonchev–Trinajstić information content (AvgIpc) is 2.87. The van der Waals surface area contributed by atoms with Gasteiger partial charge in [-0.05, 0) is 38.5 Å². The van der Waals surface area contributed by atoms with Crippen LogP contribution in [0.5, 0.6) is 5.75 Å². The van der Waals surface area contributed by atoms with Crippen molar-refractivity contribution in [1.82, 2.24) is 25.1 Å². The summed E-state index contributed by atoms with van der Waals surface area (Å²) in [6, 6.07) is 5.11. The lowest BCUT2D eigenvalue weighted by atomic mass is 10.1. The number of halogens is 3. The fraction of sp³-hybridized carbons (Fsp3) is 0.480. The molecule has 0 radical (unpaired) electrons. The first-order chi connectivity index (χ1) is 17.7. The van der Waals surface area contributed by atoms with Crippen LogP contribution < -0.4 is 15.4 Å². The number of allylic oxidation sites excluding steroid dienone is 2. The molecule has 1 aromatic heterocycles. The van der Waals surface area contributed by atoms with E-state index in [2.05, 4.69) is 30.4 Å². The molecule has 1 aromatic carbocycles. The molecule has 2 heterocycles. The molecule has 12 heteroatoms. The highest BCUT2D eigenvalue weighted by Gasteiger charge is 2.31. The van der Waals surface area contributed by atoms with Crippen LogP contribution >= 0.6 is 12.2 Å². The van der Waals surface area contributed by atoms with E-state index in [1.54, 1.807) is 6.07 Å². The minimum absolute atomic E-state index is 0.113.